The van der Waals surface area contributed by atoms with E-state index in [-0.39, 0.29) is 0 Å². The zero-order valence-electron chi connectivity index (χ0n) is 12.2. The van der Waals surface area contributed by atoms with Crippen molar-refractivity contribution in [3.05, 3.63) is 50.5 Å². The fourth-order valence-corrected chi connectivity index (χ4v) is 2.66. The van der Waals surface area contributed by atoms with Gasteiger partial charge in [-0.05, 0) is 48.4 Å². The second kappa shape index (κ2) is 7.02. The molecule has 0 spiro atoms. The molecular formula is C16H20IN3. The van der Waals surface area contributed by atoms with Crippen molar-refractivity contribution in [3.63, 3.8) is 0 Å². The second-order valence-electron chi connectivity index (χ2n) is 5.08. The summed E-state index contributed by atoms with van der Waals surface area (Å²) in [7, 11) is 0. The maximum atomic E-state index is 4.63. The van der Waals surface area contributed by atoms with Crippen molar-refractivity contribution in [3.8, 4) is 0 Å². The van der Waals surface area contributed by atoms with Crippen LogP contribution in [-0.2, 0) is 6.42 Å². The van der Waals surface area contributed by atoms with Crippen molar-refractivity contribution < 1.29 is 0 Å². The van der Waals surface area contributed by atoms with Gasteiger partial charge in [-0.2, -0.15) is 0 Å². The van der Waals surface area contributed by atoms with Crippen LogP contribution in [0, 0.1) is 17.4 Å². The number of hydrogen-bond acceptors (Lipinski definition) is 3. The van der Waals surface area contributed by atoms with Gasteiger partial charge in [0.05, 0.1) is 3.57 Å². The summed E-state index contributed by atoms with van der Waals surface area (Å²) in [6, 6.07) is 6.59. The number of nitrogens with zero attached hydrogens (tertiary/aromatic N) is 2. The predicted octanol–water partition coefficient (Wildman–Crippen LogP) is 4.11. The minimum Gasteiger partial charge on any atom is -0.369 e. The minimum absolute atomic E-state index is 0.778. The zero-order chi connectivity index (χ0) is 14.5. The van der Waals surface area contributed by atoms with E-state index in [0.717, 1.165) is 34.6 Å². The molecule has 0 amide bonds. The van der Waals surface area contributed by atoms with Crippen molar-refractivity contribution in [2.45, 2.75) is 33.6 Å². The molecule has 3 nitrogen and oxygen atoms in total. The molecular weight excluding hydrogens is 361 g/mol. The Morgan fingerprint density at radius 1 is 1.15 bits per heavy atom. The molecule has 0 aliphatic carbocycles. The predicted molar refractivity (Wildman–Crippen MR) is 92.3 cm³/mol. The Morgan fingerprint density at radius 2 is 1.85 bits per heavy atom. The lowest BCUT2D eigenvalue weighted by atomic mass is 10.0. The molecule has 0 unspecified atom stereocenters. The Morgan fingerprint density at radius 3 is 2.50 bits per heavy atom. The number of rotatable bonds is 5. The Kier molecular flexibility index (Phi) is 5.34. The molecule has 0 saturated heterocycles. The van der Waals surface area contributed by atoms with Crippen molar-refractivity contribution in [2.24, 2.45) is 0 Å². The number of halogens is 1. The van der Waals surface area contributed by atoms with Crippen LogP contribution in [0.4, 0.5) is 5.82 Å². The molecule has 106 valence electrons. The van der Waals surface area contributed by atoms with E-state index in [0.29, 0.717) is 0 Å². The van der Waals surface area contributed by atoms with Crippen molar-refractivity contribution >= 4 is 28.4 Å². The van der Waals surface area contributed by atoms with Gasteiger partial charge in [0.25, 0.3) is 0 Å². The van der Waals surface area contributed by atoms with Gasteiger partial charge in [-0.25, -0.2) is 9.97 Å². The molecule has 1 aromatic carbocycles. The standard InChI is InChI=1S/C16H20IN3/c1-4-5-18-16-14(17)10-19-15(20-16)9-13-7-11(2)6-12(3)8-13/h6-8,10H,4-5,9H2,1-3H3,(H,18,19,20). The number of nitrogens with one attached hydrogen (secondary N) is 1. The normalized spacial score (nSPS) is 10.6. The van der Waals surface area contributed by atoms with E-state index in [1.165, 1.54) is 16.7 Å². The van der Waals surface area contributed by atoms with Crippen LogP contribution in [0.5, 0.6) is 0 Å². The van der Waals surface area contributed by atoms with Gasteiger partial charge >= 0.3 is 0 Å². The summed E-state index contributed by atoms with van der Waals surface area (Å²) in [6.07, 6.45) is 3.76. The van der Waals surface area contributed by atoms with Crippen molar-refractivity contribution in [2.75, 3.05) is 11.9 Å². The number of anilines is 1. The zero-order valence-corrected chi connectivity index (χ0v) is 14.4. The van der Waals surface area contributed by atoms with Gasteiger partial charge in [-0.3, -0.25) is 0 Å². The minimum atomic E-state index is 0.778. The van der Waals surface area contributed by atoms with Crippen molar-refractivity contribution in [1.82, 2.24) is 9.97 Å². The SMILES string of the molecule is CCCNc1nc(Cc2cc(C)cc(C)c2)ncc1I. The van der Waals surface area contributed by atoms with Crippen LogP contribution in [0.25, 0.3) is 0 Å². The Hall–Kier alpha value is -1.17. The molecule has 0 atom stereocenters. The first-order valence-corrected chi connectivity index (χ1v) is 7.99. The molecule has 20 heavy (non-hydrogen) atoms. The smallest absolute Gasteiger partial charge is 0.143 e. The molecule has 1 aromatic heterocycles. The van der Waals surface area contributed by atoms with E-state index in [1.54, 1.807) is 0 Å². The fourth-order valence-electron chi connectivity index (χ4n) is 2.21. The van der Waals surface area contributed by atoms with Gasteiger partial charge in [0.15, 0.2) is 0 Å². The topological polar surface area (TPSA) is 37.8 Å². The van der Waals surface area contributed by atoms with Crippen LogP contribution in [0.2, 0.25) is 0 Å². The number of aromatic nitrogens is 2. The molecule has 0 aliphatic rings. The third-order valence-electron chi connectivity index (χ3n) is 2.98. The average molecular weight is 381 g/mol. The number of benzene rings is 1. The van der Waals surface area contributed by atoms with Crippen LogP contribution in [0.15, 0.2) is 24.4 Å². The lowest BCUT2D eigenvalue weighted by Crippen LogP contribution is -2.07. The van der Waals surface area contributed by atoms with Gasteiger partial charge in [0.2, 0.25) is 0 Å². The fraction of sp³-hybridized carbons (Fsp3) is 0.375. The van der Waals surface area contributed by atoms with Crippen LogP contribution in [0.3, 0.4) is 0 Å². The van der Waals surface area contributed by atoms with Gasteiger partial charge in [-0.15, -0.1) is 0 Å². The molecule has 1 heterocycles. The Labute approximate surface area is 134 Å². The highest BCUT2D eigenvalue weighted by Gasteiger charge is 2.06. The molecule has 0 bridgehead atoms. The third kappa shape index (κ3) is 4.16. The first-order valence-electron chi connectivity index (χ1n) is 6.91. The first-order chi connectivity index (χ1) is 9.58. The molecule has 4 heteroatoms. The van der Waals surface area contributed by atoms with Crippen LogP contribution >= 0.6 is 22.6 Å². The van der Waals surface area contributed by atoms with E-state index in [9.17, 15) is 0 Å². The summed E-state index contributed by atoms with van der Waals surface area (Å²) in [6.45, 7) is 7.34. The highest BCUT2D eigenvalue weighted by atomic mass is 127. The van der Waals surface area contributed by atoms with Gasteiger partial charge in [0, 0.05) is 19.2 Å². The van der Waals surface area contributed by atoms with Crippen molar-refractivity contribution in [1.29, 1.82) is 0 Å². The second-order valence-corrected chi connectivity index (χ2v) is 6.24. The Balaban J connectivity index is 2.20. The maximum absolute atomic E-state index is 4.63. The molecule has 0 radical (unpaired) electrons. The maximum Gasteiger partial charge on any atom is 0.143 e. The number of aryl methyl sites for hydroxylation is 2. The summed E-state index contributed by atoms with van der Waals surface area (Å²) < 4.78 is 1.07. The highest BCUT2D eigenvalue weighted by molar-refractivity contribution is 14.1. The summed E-state index contributed by atoms with van der Waals surface area (Å²) in [5.41, 5.74) is 3.84. The lowest BCUT2D eigenvalue weighted by Gasteiger charge is -2.09. The van der Waals surface area contributed by atoms with Crippen LogP contribution in [0.1, 0.15) is 35.9 Å². The molecule has 0 fully saturated rings. The average Bonchev–Trinajstić information content (AvgIpc) is 2.38. The van der Waals surface area contributed by atoms with E-state index in [1.807, 2.05) is 6.20 Å². The summed E-state index contributed by atoms with van der Waals surface area (Å²) >= 11 is 2.27. The molecule has 0 saturated carbocycles. The lowest BCUT2D eigenvalue weighted by molar-refractivity contribution is 0.925. The molecule has 2 aromatic rings. The molecule has 1 N–H and O–H groups in total. The summed E-state index contributed by atoms with van der Waals surface area (Å²) in [4.78, 5) is 9.08. The van der Waals surface area contributed by atoms with Gasteiger partial charge in [-0.1, -0.05) is 36.2 Å². The summed E-state index contributed by atoms with van der Waals surface area (Å²) in [5.74, 6) is 1.82. The molecule has 0 aliphatic heterocycles. The molecule has 2 rings (SSSR count). The van der Waals surface area contributed by atoms with Gasteiger partial charge < -0.3 is 5.32 Å². The third-order valence-corrected chi connectivity index (χ3v) is 3.77. The quantitative estimate of drug-likeness (QED) is 0.793. The van der Waals surface area contributed by atoms with E-state index >= 15 is 0 Å². The summed E-state index contributed by atoms with van der Waals surface area (Å²) in [5, 5.41) is 3.35. The number of hydrogen-bond donors (Lipinski definition) is 1. The largest absolute Gasteiger partial charge is 0.369 e. The van der Waals surface area contributed by atoms with E-state index in [4.69, 9.17) is 0 Å². The van der Waals surface area contributed by atoms with Gasteiger partial charge in [0.1, 0.15) is 11.6 Å². The monoisotopic (exact) mass is 381 g/mol. The highest BCUT2D eigenvalue weighted by Crippen LogP contribution is 2.17. The van der Waals surface area contributed by atoms with E-state index in [2.05, 4.69) is 76.8 Å². The Bertz CT molecular complexity index is 576. The van der Waals surface area contributed by atoms with E-state index < -0.39 is 0 Å². The van der Waals surface area contributed by atoms with Crippen LogP contribution < -0.4 is 5.32 Å². The van der Waals surface area contributed by atoms with Crippen LogP contribution in [-0.4, -0.2) is 16.5 Å². The first kappa shape index (κ1) is 15.2.